The minimum atomic E-state index is 0.233. The summed E-state index contributed by atoms with van der Waals surface area (Å²) in [5.41, 5.74) is 2.68. The van der Waals surface area contributed by atoms with E-state index in [1.54, 1.807) is 0 Å². The predicted molar refractivity (Wildman–Crippen MR) is 64.5 cm³/mol. The lowest BCUT2D eigenvalue weighted by Gasteiger charge is -2.29. The van der Waals surface area contributed by atoms with E-state index in [0.717, 1.165) is 12.8 Å². The molecule has 0 aliphatic heterocycles. The van der Waals surface area contributed by atoms with Crippen molar-refractivity contribution in [1.82, 2.24) is 0 Å². The van der Waals surface area contributed by atoms with Crippen LogP contribution in [0.3, 0.4) is 0 Å². The third-order valence-electron chi connectivity index (χ3n) is 4.21. The summed E-state index contributed by atoms with van der Waals surface area (Å²) in [7, 11) is 0. The summed E-state index contributed by atoms with van der Waals surface area (Å²) in [6, 6.07) is 8.38. The SMILES string of the molecule is O=C(CC1CCCC1)C1Cc2ccccc21. The van der Waals surface area contributed by atoms with Gasteiger partial charge in [-0.1, -0.05) is 49.9 Å². The monoisotopic (exact) mass is 214 g/mol. The maximum absolute atomic E-state index is 12.1. The van der Waals surface area contributed by atoms with Gasteiger partial charge in [0, 0.05) is 12.3 Å². The molecule has 1 nitrogen and oxygen atoms in total. The van der Waals surface area contributed by atoms with Crippen molar-refractivity contribution in [2.75, 3.05) is 0 Å². The molecule has 0 amide bonds. The van der Waals surface area contributed by atoms with Crippen LogP contribution in [0.5, 0.6) is 0 Å². The van der Waals surface area contributed by atoms with Gasteiger partial charge in [-0.25, -0.2) is 0 Å². The van der Waals surface area contributed by atoms with Crippen LogP contribution in [0.1, 0.15) is 49.1 Å². The first kappa shape index (κ1) is 10.1. The predicted octanol–water partition coefficient (Wildman–Crippen LogP) is 3.48. The van der Waals surface area contributed by atoms with E-state index in [9.17, 15) is 4.79 Å². The molecule has 84 valence electrons. The smallest absolute Gasteiger partial charge is 0.140 e. The van der Waals surface area contributed by atoms with Gasteiger partial charge in [-0.2, -0.15) is 0 Å². The second kappa shape index (κ2) is 4.04. The average Bonchev–Trinajstić information content (AvgIpc) is 2.72. The molecule has 0 saturated heterocycles. The molecule has 0 heterocycles. The zero-order valence-electron chi connectivity index (χ0n) is 9.61. The van der Waals surface area contributed by atoms with Gasteiger partial charge in [0.2, 0.25) is 0 Å². The first-order valence-electron chi connectivity index (χ1n) is 6.45. The van der Waals surface area contributed by atoms with Crippen molar-refractivity contribution in [2.45, 2.75) is 44.4 Å². The van der Waals surface area contributed by atoms with Gasteiger partial charge in [-0.05, 0) is 23.5 Å². The van der Waals surface area contributed by atoms with E-state index in [1.807, 2.05) is 6.07 Å². The van der Waals surface area contributed by atoms with Crippen LogP contribution >= 0.6 is 0 Å². The van der Waals surface area contributed by atoms with E-state index in [2.05, 4.69) is 18.2 Å². The molecule has 1 fully saturated rings. The lowest BCUT2D eigenvalue weighted by molar-refractivity contribution is -0.121. The van der Waals surface area contributed by atoms with E-state index >= 15 is 0 Å². The number of rotatable bonds is 3. The molecule has 0 aromatic heterocycles. The highest BCUT2D eigenvalue weighted by atomic mass is 16.1. The highest BCUT2D eigenvalue weighted by molar-refractivity contribution is 5.88. The van der Waals surface area contributed by atoms with Crippen LogP contribution in [0.15, 0.2) is 24.3 Å². The number of Topliss-reactive ketones (excluding diaryl/α,β-unsaturated/α-hetero) is 1. The van der Waals surface area contributed by atoms with Crippen LogP contribution in [0.4, 0.5) is 0 Å². The molecule has 3 rings (SSSR count). The Labute approximate surface area is 96.9 Å². The second-order valence-electron chi connectivity index (χ2n) is 5.28. The molecule has 1 atom stereocenters. The summed E-state index contributed by atoms with van der Waals surface area (Å²) in [6.07, 6.45) is 7.04. The van der Waals surface area contributed by atoms with Crippen molar-refractivity contribution in [3.05, 3.63) is 35.4 Å². The van der Waals surface area contributed by atoms with Gasteiger partial charge in [0.15, 0.2) is 0 Å². The molecule has 1 aromatic carbocycles. The maximum atomic E-state index is 12.1. The van der Waals surface area contributed by atoms with Crippen molar-refractivity contribution in [3.8, 4) is 0 Å². The maximum Gasteiger partial charge on any atom is 0.140 e. The molecule has 0 N–H and O–H groups in total. The average molecular weight is 214 g/mol. The summed E-state index contributed by atoms with van der Waals surface area (Å²) in [4.78, 5) is 12.1. The van der Waals surface area contributed by atoms with Gasteiger partial charge in [-0.15, -0.1) is 0 Å². The van der Waals surface area contributed by atoms with Crippen LogP contribution in [-0.2, 0) is 11.2 Å². The third kappa shape index (κ3) is 1.68. The third-order valence-corrected chi connectivity index (χ3v) is 4.21. The Morgan fingerprint density at radius 3 is 2.69 bits per heavy atom. The fourth-order valence-corrected chi connectivity index (χ4v) is 3.19. The quantitative estimate of drug-likeness (QED) is 0.753. The minimum absolute atomic E-state index is 0.233. The first-order chi connectivity index (χ1) is 7.84. The Balaban J connectivity index is 1.65. The van der Waals surface area contributed by atoms with Gasteiger partial charge < -0.3 is 0 Å². The van der Waals surface area contributed by atoms with Gasteiger partial charge in [-0.3, -0.25) is 4.79 Å². The van der Waals surface area contributed by atoms with Crippen LogP contribution in [0.25, 0.3) is 0 Å². The van der Waals surface area contributed by atoms with E-state index in [4.69, 9.17) is 0 Å². The zero-order chi connectivity index (χ0) is 11.0. The van der Waals surface area contributed by atoms with Crippen molar-refractivity contribution in [3.63, 3.8) is 0 Å². The number of carbonyl (C=O) groups excluding carboxylic acids is 1. The number of ketones is 1. The molecule has 0 radical (unpaired) electrons. The Morgan fingerprint density at radius 2 is 1.94 bits per heavy atom. The Kier molecular flexibility index (Phi) is 2.55. The molecule has 2 aliphatic carbocycles. The van der Waals surface area contributed by atoms with E-state index in [0.29, 0.717) is 11.7 Å². The molecular formula is C15H18O. The van der Waals surface area contributed by atoms with Crippen LogP contribution in [-0.4, -0.2) is 5.78 Å². The topological polar surface area (TPSA) is 17.1 Å². The largest absolute Gasteiger partial charge is 0.299 e. The van der Waals surface area contributed by atoms with Crippen molar-refractivity contribution in [1.29, 1.82) is 0 Å². The molecular weight excluding hydrogens is 196 g/mol. The van der Waals surface area contributed by atoms with E-state index in [-0.39, 0.29) is 5.92 Å². The lowest BCUT2D eigenvalue weighted by atomic mass is 9.73. The van der Waals surface area contributed by atoms with Crippen LogP contribution in [0.2, 0.25) is 0 Å². The van der Waals surface area contributed by atoms with Crippen molar-refractivity contribution < 1.29 is 4.79 Å². The highest BCUT2D eigenvalue weighted by Gasteiger charge is 2.32. The summed E-state index contributed by atoms with van der Waals surface area (Å²) >= 11 is 0. The molecule has 2 aliphatic rings. The second-order valence-corrected chi connectivity index (χ2v) is 5.28. The lowest BCUT2D eigenvalue weighted by Crippen LogP contribution is -2.26. The minimum Gasteiger partial charge on any atom is -0.299 e. The normalized spacial score (nSPS) is 23.9. The van der Waals surface area contributed by atoms with Gasteiger partial charge >= 0.3 is 0 Å². The zero-order valence-corrected chi connectivity index (χ0v) is 9.61. The van der Waals surface area contributed by atoms with Crippen molar-refractivity contribution in [2.24, 2.45) is 5.92 Å². The number of carbonyl (C=O) groups is 1. The van der Waals surface area contributed by atoms with Crippen molar-refractivity contribution >= 4 is 5.78 Å². The molecule has 1 unspecified atom stereocenters. The fraction of sp³-hybridized carbons (Fsp3) is 0.533. The molecule has 0 spiro atoms. The first-order valence-corrected chi connectivity index (χ1v) is 6.45. The van der Waals surface area contributed by atoms with E-state index in [1.165, 1.54) is 36.8 Å². The van der Waals surface area contributed by atoms with Gasteiger partial charge in [0.1, 0.15) is 5.78 Å². The summed E-state index contributed by atoms with van der Waals surface area (Å²) in [5.74, 6) is 1.42. The molecule has 16 heavy (non-hydrogen) atoms. The molecule has 1 heteroatoms. The molecule has 0 bridgehead atoms. The summed E-state index contributed by atoms with van der Waals surface area (Å²) < 4.78 is 0. The Morgan fingerprint density at radius 1 is 1.19 bits per heavy atom. The van der Waals surface area contributed by atoms with E-state index < -0.39 is 0 Å². The molecule has 1 saturated carbocycles. The number of hydrogen-bond donors (Lipinski definition) is 0. The standard InChI is InChI=1S/C15H18O/c16-15(9-11-5-1-2-6-11)14-10-12-7-3-4-8-13(12)14/h3-4,7-8,11,14H,1-2,5-6,9-10H2. The van der Waals surface area contributed by atoms with Crippen LogP contribution in [0, 0.1) is 5.92 Å². The van der Waals surface area contributed by atoms with Crippen LogP contribution < -0.4 is 0 Å². The number of fused-ring (bicyclic) bond motifs is 1. The Hall–Kier alpha value is -1.11. The summed E-state index contributed by atoms with van der Waals surface area (Å²) in [5, 5.41) is 0. The van der Waals surface area contributed by atoms with Gasteiger partial charge in [0.05, 0.1) is 0 Å². The Bertz CT molecular complexity index is 402. The molecule has 1 aromatic rings. The fourth-order valence-electron chi connectivity index (χ4n) is 3.19. The number of hydrogen-bond acceptors (Lipinski definition) is 1. The summed E-state index contributed by atoms with van der Waals surface area (Å²) in [6.45, 7) is 0. The number of benzene rings is 1. The van der Waals surface area contributed by atoms with Gasteiger partial charge in [0.25, 0.3) is 0 Å². The highest BCUT2D eigenvalue weighted by Crippen LogP contribution is 2.38.